The molecule has 0 aliphatic heterocycles. The van der Waals surface area contributed by atoms with E-state index in [0.29, 0.717) is 4.52 Å². The van der Waals surface area contributed by atoms with Gasteiger partial charge in [-0.25, -0.2) is 14.3 Å². The Bertz CT molecular complexity index is 1050. The van der Waals surface area contributed by atoms with Crippen molar-refractivity contribution in [2.75, 3.05) is 28.4 Å². The lowest BCUT2D eigenvalue weighted by Gasteiger charge is -2.15. The van der Waals surface area contributed by atoms with E-state index in [1.807, 2.05) is 0 Å². The molecule has 29 heavy (non-hydrogen) atoms. The average molecular weight is 411 g/mol. The number of carbonyl (C=O) groups is 1. The van der Waals surface area contributed by atoms with Crippen LogP contribution in [-0.4, -0.2) is 49.0 Å². The first kappa shape index (κ1) is 20.2. The van der Waals surface area contributed by atoms with Gasteiger partial charge in [0.25, 0.3) is 0 Å². The maximum absolute atomic E-state index is 13.6. The Labute approximate surface area is 162 Å². The summed E-state index contributed by atoms with van der Waals surface area (Å²) in [7, 11) is 5.27. The van der Waals surface area contributed by atoms with E-state index in [9.17, 15) is 18.0 Å². The number of carbonyl (C=O) groups excluding carboxylic acids is 1. The summed E-state index contributed by atoms with van der Waals surface area (Å²) in [5.74, 6) is -0.115. The van der Waals surface area contributed by atoms with Crippen molar-refractivity contribution >= 4 is 11.6 Å². The van der Waals surface area contributed by atoms with Gasteiger partial charge in [-0.2, -0.15) is 18.3 Å². The van der Waals surface area contributed by atoms with Gasteiger partial charge in [-0.05, 0) is 18.2 Å². The normalized spacial score (nSPS) is 11.4. The number of alkyl halides is 3. The van der Waals surface area contributed by atoms with Crippen LogP contribution in [0.3, 0.4) is 0 Å². The van der Waals surface area contributed by atoms with Gasteiger partial charge in [-0.1, -0.05) is 0 Å². The largest absolute Gasteiger partial charge is 0.493 e. The molecule has 3 aromatic rings. The minimum absolute atomic E-state index is 0.0743. The SMILES string of the molecule is COC(=O)c1cnn2c(C(F)(F)F)cc(-c3cc(OC)c(OC)c(OC)c3)nc12. The number of ether oxygens (including phenoxy) is 4. The van der Waals surface area contributed by atoms with E-state index in [0.717, 1.165) is 19.4 Å². The highest BCUT2D eigenvalue weighted by molar-refractivity contribution is 5.95. The zero-order valence-corrected chi connectivity index (χ0v) is 15.8. The molecule has 0 aliphatic carbocycles. The summed E-state index contributed by atoms with van der Waals surface area (Å²) in [5.41, 5.74) is -1.43. The molecule has 1 aromatic carbocycles. The molecule has 0 atom stereocenters. The van der Waals surface area contributed by atoms with Gasteiger partial charge in [-0.15, -0.1) is 0 Å². The second-order valence-electron chi connectivity index (χ2n) is 5.72. The molecule has 11 heteroatoms. The van der Waals surface area contributed by atoms with Gasteiger partial charge in [0.15, 0.2) is 22.8 Å². The predicted molar refractivity (Wildman–Crippen MR) is 94.4 cm³/mol. The number of rotatable bonds is 5. The smallest absolute Gasteiger partial charge is 0.433 e. The van der Waals surface area contributed by atoms with E-state index < -0.39 is 17.8 Å². The van der Waals surface area contributed by atoms with E-state index in [-0.39, 0.29) is 39.7 Å². The summed E-state index contributed by atoms with van der Waals surface area (Å²) in [6.45, 7) is 0. The predicted octanol–water partition coefficient (Wildman–Crippen LogP) is 3.23. The van der Waals surface area contributed by atoms with Crippen molar-refractivity contribution in [3.05, 3.63) is 35.7 Å². The molecule has 0 bridgehead atoms. The Kier molecular flexibility index (Phi) is 5.23. The third-order valence-corrected chi connectivity index (χ3v) is 4.13. The molecule has 0 saturated carbocycles. The van der Waals surface area contributed by atoms with Crippen LogP contribution in [0.1, 0.15) is 16.1 Å². The molecule has 2 heterocycles. The molecule has 0 N–H and O–H groups in total. The fourth-order valence-electron chi connectivity index (χ4n) is 2.80. The molecule has 0 saturated heterocycles. The molecular formula is C18H16F3N3O5. The number of benzene rings is 1. The molecule has 2 aromatic heterocycles. The third kappa shape index (κ3) is 3.50. The topological polar surface area (TPSA) is 84.2 Å². The number of esters is 1. The molecule has 0 unspecified atom stereocenters. The monoisotopic (exact) mass is 411 g/mol. The third-order valence-electron chi connectivity index (χ3n) is 4.13. The van der Waals surface area contributed by atoms with Gasteiger partial charge in [0.05, 0.1) is 40.3 Å². The van der Waals surface area contributed by atoms with Crippen molar-refractivity contribution in [2.24, 2.45) is 0 Å². The Morgan fingerprint density at radius 3 is 2.10 bits per heavy atom. The van der Waals surface area contributed by atoms with Crippen LogP contribution in [0.5, 0.6) is 17.2 Å². The Morgan fingerprint density at radius 1 is 1.00 bits per heavy atom. The number of methoxy groups -OCH3 is 4. The highest BCUT2D eigenvalue weighted by Gasteiger charge is 2.36. The van der Waals surface area contributed by atoms with Crippen molar-refractivity contribution in [1.29, 1.82) is 0 Å². The minimum atomic E-state index is -4.75. The quantitative estimate of drug-likeness (QED) is 0.596. The number of hydrogen-bond donors (Lipinski definition) is 0. The Balaban J connectivity index is 2.34. The fourth-order valence-corrected chi connectivity index (χ4v) is 2.80. The highest BCUT2D eigenvalue weighted by atomic mass is 19.4. The summed E-state index contributed by atoms with van der Waals surface area (Å²) in [6.07, 6.45) is -3.78. The van der Waals surface area contributed by atoms with Crippen molar-refractivity contribution in [2.45, 2.75) is 6.18 Å². The summed E-state index contributed by atoms with van der Waals surface area (Å²) >= 11 is 0. The molecule has 154 valence electrons. The zero-order chi connectivity index (χ0) is 21.3. The summed E-state index contributed by atoms with van der Waals surface area (Å²) in [5, 5.41) is 3.65. The van der Waals surface area contributed by atoms with Crippen LogP contribution in [0.2, 0.25) is 0 Å². The lowest BCUT2D eigenvalue weighted by molar-refractivity contribution is -0.142. The van der Waals surface area contributed by atoms with Crippen LogP contribution >= 0.6 is 0 Å². The second-order valence-corrected chi connectivity index (χ2v) is 5.72. The van der Waals surface area contributed by atoms with Crippen molar-refractivity contribution in [1.82, 2.24) is 14.6 Å². The van der Waals surface area contributed by atoms with E-state index in [2.05, 4.69) is 14.8 Å². The number of fused-ring (bicyclic) bond motifs is 1. The molecule has 0 aliphatic rings. The van der Waals surface area contributed by atoms with Gasteiger partial charge in [0, 0.05) is 5.56 Å². The number of hydrogen-bond acceptors (Lipinski definition) is 7. The zero-order valence-electron chi connectivity index (χ0n) is 15.8. The van der Waals surface area contributed by atoms with Gasteiger partial charge in [0.2, 0.25) is 5.75 Å². The van der Waals surface area contributed by atoms with E-state index in [1.54, 1.807) is 0 Å². The standard InChI is InChI=1S/C18H16F3N3O5/c1-26-12-5-9(6-13(27-2)15(12)28-3)11-7-14(18(19,20)21)24-16(23-11)10(8-22-24)17(25)29-4/h5-8H,1-4H3. The molecular weight excluding hydrogens is 395 g/mol. The van der Waals surface area contributed by atoms with Crippen LogP contribution < -0.4 is 14.2 Å². The number of halogens is 3. The Hall–Kier alpha value is -3.50. The number of aromatic nitrogens is 3. The average Bonchev–Trinajstić information content (AvgIpc) is 3.14. The van der Waals surface area contributed by atoms with Crippen LogP contribution in [0.15, 0.2) is 24.4 Å². The first-order valence-corrected chi connectivity index (χ1v) is 8.09. The maximum Gasteiger partial charge on any atom is 0.433 e. The molecule has 0 amide bonds. The lowest BCUT2D eigenvalue weighted by atomic mass is 10.1. The van der Waals surface area contributed by atoms with Crippen molar-refractivity contribution in [3.63, 3.8) is 0 Å². The fraction of sp³-hybridized carbons (Fsp3) is 0.278. The summed E-state index contributed by atoms with van der Waals surface area (Å²) in [6, 6.07) is 3.73. The molecule has 8 nitrogen and oxygen atoms in total. The first-order valence-electron chi connectivity index (χ1n) is 8.09. The summed E-state index contributed by atoms with van der Waals surface area (Å²) < 4.78 is 61.8. The number of nitrogens with zero attached hydrogens (tertiary/aromatic N) is 3. The highest BCUT2D eigenvalue weighted by Crippen LogP contribution is 2.42. The maximum atomic E-state index is 13.6. The van der Waals surface area contributed by atoms with Gasteiger partial charge < -0.3 is 18.9 Å². The van der Waals surface area contributed by atoms with Gasteiger partial charge in [0.1, 0.15) is 5.56 Å². The van der Waals surface area contributed by atoms with Crippen LogP contribution in [0.4, 0.5) is 13.2 Å². The molecule has 3 rings (SSSR count). The first-order chi connectivity index (χ1) is 13.7. The second kappa shape index (κ2) is 7.49. The van der Waals surface area contributed by atoms with Crippen LogP contribution in [-0.2, 0) is 10.9 Å². The van der Waals surface area contributed by atoms with Crippen molar-refractivity contribution in [3.8, 4) is 28.5 Å². The van der Waals surface area contributed by atoms with Gasteiger partial charge in [-0.3, -0.25) is 0 Å². The van der Waals surface area contributed by atoms with E-state index >= 15 is 0 Å². The minimum Gasteiger partial charge on any atom is -0.493 e. The lowest BCUT2D eigenvalue weighted by Crippen LogP contribution is -2.14. The molecule has 0 spiro atoms. The van der Waals surface area contributed by atoms with E-state index in [1.165, 1.54) is 33.5 Å². The molecule has 0 radical (unpaired) electrons. The Morgan fingerprint density at radius 2 is 1.62 bits per heavy atom. The molecule has 0 fully saturated rings. The summed E-state index contributed by atoms with van der Waals surface area (Å²) in [4.78, 5) is 16.1. The van der Waals surface area contributed by atoms with Crippen LogP contribution in [0, 0.1) is 0 Å². The van der Waals surface area contributed by atoms with E-state index in [4.69, 9.17) is 14.2 Å². The van der Waals surface area contributed by atoms with Gasteiger partial charge >= 0.3 is 12.1 Å². The van der Waals surface area contributed by atoms with Crippen LogP contribution in [0.25, 0.3) is 16.9 Å². The van der Waals surface area contributed by atoms with Crippen molar-refractivity contribution < 1.29 is 36.9 Å².